The smallest absolute Gasteiger partial charge is 0.142 e. The quantitative estimate of drug-likeness (QED) is 0.287. The summed E-state index contributed by atoms with van der Waals surface area (Å²) in [5.74, 6) is -1.44. The topological polar surface area (TPSA) is 98.3 Å². The first-order chi connectivity index (χ1) is 2.94. The molecule has 0 aromatic rings. The molecule has 4 heteroatoms. The standard InChI is InChI=1S/C3H11N3O/c1-2(7)3(4,5)6/h2,7H,4-6H2,1H3. The Kier molecular flexibility index (Phi) is 1.71. The molecule has 0 spiro atoms. The summed E-state index contributed by atoms with van der Waals surface area (Å²) in [7, 11) is 0. The van der Waals surface area contributed by atoms with E-state index in [4.69, 9.17) is 22.3 Å². The molecule has 0 aliphatic rings. The van der Waals surface area contributed by atoms with E-state index in [1.54, 1.807) is 0 Å². The van der Waals surface area contributed by atoms with E-state index >= 15 is 0 Å². The molecule has 1 unspecified atom stereocenters. The Bertz CT molecular complexity index is 55.7. The maximum atomic E-state index is 8.51. The molecule has 7 heavy (non-hydrogen) atoms. The first kappa shape index (κ1) is 6.84. The summed E-state index contributed by atoms with van der Waals surface area (Å²) in [4.78, 5) is 0. The number of aliphatic hydroxyl groups excluding tert-OH is 1. The predicted molar refractivity (Wildman–Crippen MR) is 27.0 cm³/mol. The van der Waals surface area contributed by atoms with Crippen molar-refractivity contribution in [3.63, 3.8) is 0 Å². The van der Waals surface area contributed by atoms with E-state index < -0.39 is 11.9 Å². The van der Waals surface area contributed by atoms with Crippen LogP contribution in [-0.4, -0.2) is 17.0 Å². The molecule has 0 aliphatic carbocycles. The zero-order chi connectivity index (χ0) is 6.08. The first-order valence-electron chi connectivity index (χ1n) is 1.99. The van der Waals surface area contributed by atoms with Crippen LogP contribution in [0.2, 0.25) is 0 Å². The molecule has 0 amide bonds. The SMILES string of the molecule is CC(O)C(N)(N)N. The fraction of sp³-hybridized carbons (Fsp3) is 1.00. The molecule has 0 aromatic carbocycles. The minimum atomic E-state index is -1.44. The highest BCUT2D eigenvalue weighted by molar-refractivity contribution is 4.73. The summed E-state index contributed by atoms with van der Waals surface area (Å²) in [6.07, 6.45) is -0.868. The number of rotatable bonds is 1. The van der Waals surface area contributed by atoms with Gasteiger partial charge in [0.05, 0.1) is 6.10 Å². The van der Waals surface area contributed by atoms with Crippen LogP contribution in [0.15, 0.2) is 0 Å². The summed E-state index contributed by atoms with van der Waals surface area (Å²) in [6, 6.07) is 0. The highest BCUT2D eigenvalue weighted by Gasteiger charge is 2.17. The Balaban J connectivity index is 3.54. The number of hydrogen-bond acceptors (Lipinski definition) is 4. The van der Waals surface area contributed by atoms with Crippen molar-refractivity contribution in [1.29, 1.82) is 0 Å². The first-order valence-corrected chi connectivity index (χ1v) is 1.99. The minimum absolute atomic E-state index is 0.868. The van der Waals surface area contributed by atoms with Gasteiger partial charge in [-0.05, 0) is 6.92 Å². The van der Waals surface area contributed by atoms with Crippen molar-refractivity contribution in [1.82, 2.24) is 0 Å². The minimum Gasteiger partial charge on any atom is -0.389 e. The van der Waals surface area contributed by atoms with E-state index in [-0.39, 0.29) is 0 Å². The van der Waals surface area contributed by atoms with Gasteiger partial charge < -0.3 is 5.11 Å². The second-order valence-electron chi connectivity index (χ2n) is 1.68. The van der Waals surface area contributed by atoms with Crippen LogP contribution < -0.4 is 17.2 Å². The molecule has 4 nitrogen and oxygen atoms in total. The third kappa shape index (κ3) is 2.52. The van der Waals surface area contributed by atoms with Crippen molar-refractivity contribution in [2.75, 3.05) is 0 Å². The summed E-state index contributed by atoms with van der Waals surface area (Å²) in [6.45, 7) is 1.43. The van der Waals surface area contributed by atoms with Gasteiger partial charge in [-0.2, -0.15) is 0 Å². The highest BCUT2D eigenvalue weighted by Crippen LogP contribution is 1.85. The van der Waals surface area contributed by atoms with Gasteiger partial charge in [-0.3, -0.25) is 17.2 Å². The summed E-state index contributed by atoms with van der Waals surface area (Å²) < 4.78 is 0. The average Bonchev–Trinajstić information content (AvgIpc) is 1.31. The van der Waals surface area contributed by atoms with Crippen molar-refractivity contribution in [2.45, 2.75) is 18.8 Å². The Labute approximate surface area is 42.3 Å². The van der Waals surface area contributed by atoms with Crippen LogP contribution in [0.1, 0.15) is 6.92 Å². The van der Waals surface area contributed by atoms with Crippen molar-refractivity contribution >= 4 is 0 Å². The fourth-order valence-electron chi connectivity index (χ4n) is 0. The van der Waals surface area contributed by atoms with Gasteiger partial charge in [0.15, 0.2) is 0 Å². The molecule has 0 fully saturated rings. The van der Waals surface area contributed by atoms with Crippen molar-refractivity contribution in [2.24, 2.45) is 17.2 Å². The molecule has 0 bridgehead atoms. The molecule has 0 saturated carbocycles. The molecule has 0 rings (SSSR count). The van der Waals surface area contributed by atoms with E-state index in [2.05, 4.69) is 0 Å². The molecule has 0 heterocycles. The second-order valence-corrected chi connectivity index (χ2v) is 1.68. The van der Waals surface area contributed by atoms with Gasteiger partial charge in [0, 0.05) is 0 Å². The van der Waals surface area contributed by atoms with E-state index in [1.165, 1.54) is 6.92 Å². The van der Waals surface area contributed by atoms with Crippen LogP contribution in [0, 0.1) is 0 Å². The van der Waals surface area contributed by atoms with Crippen LogP contribution in [0.5, 0.6) is 0 Å². The predicted octanol–water partition coefficient (Wildman–Crippen LogP) is -2.10. The molecular weight excluding hydrogens is 94.1 g/mol. The molecule has 1 atom stereocenters. The summed E-state index contributed by atoms with van der Waals surface area (Å²) in [5.41, 5.74) is 15.0. The van der Waals surface area contributed by atoms with E-state index in [0.717, 1.165) is 0 Å². The van der Waals surface area contributed by atoms with E-state index in [9.17, 15) is 0 Å². The van der Waals surface area contributed by atoms with Crippen LogP contribution >= 0.6 is 0 Å². The number of nitrogens with two attached hydrogens (primary N) is 3. The number of hydrogen-bond donors (Lipinski definition) is 4. The van der Waals surface area contributed by atoms with Gasteiger partial charge >= 0.3 is 0 Å². The van der Waals surface area contributed by atoms with Gasteiger partial charge in [0.2, 0.25) is 0 Å². The lowest BCUT2D eigenvalue weighted by molar-refractivity contribution is 0.108. The molecule has 0 saturated heterocycles. The van der Waals surface area contributed by atoms with Gasteiger partial charge in [-0.15, -0.1) is 0 Å². The summed E-state index contributed by atoms with van der Waals surface area (Å²) in [5, 5.41) is 8.51. The van der Waals surface area contributed by atoms with E-state index in [0.29, 0.717) is 0 Å². The van der Waals surface area contributed by atoms with Crippen molar-refractivity contribution < 1.29 is 5.11 Å². The Morgan fingerprint density at radius 3 is 1.57 bits per heavy atom. The Hall–Kier alpha value is -0.160. The number of aliphatic hydroxyl groups is 1. The Morgan fingerprint density at radius 2 is 1.57 bits per heavy atom. The Morgan fingerprint density at radius 1 is 1.43 bits per heavy atom. The average molecular weight is 105 g/mol. The normalized spacial score (nSPS) is 16.7. The van der Waals surface area contributed by atoms with Crippen LogP contribution in [0.4, 0.5) is 0 Å². The lowest BCUT2D eigenvalue weighted by atomic mass is 10.2. The third-order valence-electron chi connectivity index (χ3n) is 0.724. The molecule has 7 N–H and O–H groups in total. The van der Waals surface area contributed by atoms with Crippen LogP contribution in [0.25, 0.3) is 0 Å². The second kappa shape index (κ2) is 1.75. The summed E-state index contributed by atoms with van der Waals surface area (Å²) >= 11 is 0. The maximum absolute atomic E-state index is 8.51. The molecular formula is C3H11N3O. The van der Waals surface area contributed by atoms with Crippen LogP contribution in [-0.2, 0) is 0 Å². The highest BCUT2D eigenvalue weighted by atomic mass is 16.3. The maximum Gasteiger partial charge on any atom is 0.142 e. The lowest BCUT2D eigenvalue weighted by Gasteiger charge is -2.20. The van der Waals surface area contributed by atoms with Crippen molar-refractivity contribution in [3.8, 4) is 0 Å². The molecule has 0 radical (unpaired) electrons. The molecule has 0 aliphatic heterocycles. The van der Waals surface area contributed by atoms with Gasteiger partial charge in [0.25, 0.3) is 0 Å². The van der Waals surface area contributed by atoms with Gasteiger partial charge in [0.1, 0.15) is 5.79 Å². The zero-order valence-corrected chi connectivity index (χ0v) is 4.26. The molecule has 44 valence electrons. The monoisotopic (exact) mass is 105 g/mol. The van der Waals surface area contributed by atoms with Gasteiger partial charge in [-0.1, -0.05) is 0 Å². The van der Waals surface area contributed by atoms with Gasteiger partial charge in [-0.25, -0.2) is 0 Å². The third-order valence-corrected chi connectivity index (χ3v) is 0.724. The fourth-order valence-corrected chi connectivity index (χ4v) is 0. The zero-order valence-electron chi connectivity index (χ0n) is 4.26. The van der Waals surface area contributed by atoms with E-state index in [1.807, 2.05) is 0 Å². The lowest BCUT2D eigenvalue weighted by Crippen LogP contribution is -2.65. The van der Waals surface area contributed by atoms with Crippen molar-refractivity contribution in [3.05, 3.63) is 0 Å². The largest absolute Gasteiger partial charge is 0.389 e. The van der Waals surface area contributed by atoms with Crippen LogP contribution in [0.3, 0.4) is 0 Å². The molecule has 0 aromatic heterocycles.